The van der Waals surface area contributed by atoms with E-state index in [9.17, 15) is 18.8 Å². The molecule has 3 aromatic rings. The van der Waals surface area contributed by atoms with Gasteiger partial charge >= 0.3 is 0 Å². The van der Waals surface area contributed by atoms with Crippen LogP contribution in [0.1, 0.15) is 34.3 Å². The first-order chi connectivity index (χ1) is 14.0. The highest BCUT2D eigenvalue weighted by Crippen LogP contribution is 2.41. The number of anilines is 1. The zero-order valence-corrected chi connectivity index (χ0v) is 15.4. The number of hydrogen-bond acceptors (Lipinski definition) is 3. The van der Waals surface area contributed by atoms with Crippen molar-refractivity contribution in [2.75, 3.05) is 4.90 Å². The Bertz CT molecular complexity index is 1200. The van der Waals surface area contributed by atoms with Gasteiger partial charge in [0.2, 0.25) is 11.8 Å². The van der Waals surface area contributed by atoms with Gasteiger partial charge in [-0.05, 0) is 41.1 Å². The predicted molar refractivity (Wildman–Crippen MR) is 106 cm³/mol. The van der Waals surface area contributed by atoms with Crippen molar-refractivity contribution in [2.24, 2.45) is 0 Å². The second-order valence-electron chi connectivity index (χ2n) is 7.38. The molecule has 2 aliphatic rings. The van der Waals surface area contributed by atoms with Gasteiger partial charge in [0, 0.05) is 23.8 Å². The van der Waals surface area contributed by atoms with Crippen LogP contribution in [0, 0.1) is 5.82 Å². The van der Waals surface area contributed by atoms with Crippen molar-refractivity contribution in [3.63, 3.8) is 0 Å². The van der Waals surface area contributed by atoms with Crippen molar-refractivity contribution >= 4 is 34.2 Å². The Morgan fingerprint density at radius 3 is 2.59 bits per heavy atom. The summed E-state index contributed by atoms with van der Waals surface area (Å²) in [4.78, 5) is 38.5. The summed E-state index contributed by atoms with van der Waals surface area (Å²) < 4.78 is 14.2. The van der Waals surface area contributed by atoms with Crippen LogP contribution < -0.4 is 10.2 Å². The van der Waals surface area contributed by atoms with Crippen molar-refractivity contribution in [2.45, 2.75) is 25.3 Å². The van der Waals surface area contributed by atoms with Gasteiger partial charge in [0.05, 0.1) is 5.69 Å². The van der Waals surface area contributed by atoms with E-state index in [1.54, 1.807) is 30.3 Å². The van der Waals surface area contributed by atoms with Gasteiger partial charge in [-0.25, -0.2) is 4.39 Å². The van der Waals surface area contributed by atoms with E-state index >= 15 is 0 Å². The molecular weight excluding hydrogens is 371 g/mol. The minimum absolute atomic E-state index is 0.199. The molecule has 2 heterocycles. The van der Waals surface area contributed by atoms with E-state index in [1.165, 1.54) is 11.0 Å². The van der Waals surface area contributed by atoms with E-state index in [0.717, 1.165) is 16.3 Å². The lowest BCUT2D eigenvalue weighted by molar-refractivity contribution is -0.134. The van der Waals surface area contributed by atoms with E-state index in [2.05, 4.69) is 5.32 Å². The number of carbonyl (C=O) groups is 3. The normalized spacial score (nSPS) is 18.4. The van der Waals surface area contributed by atoms with Gasteiger partial charge in [0.1, 0.15) is 11.9 Å². The molecule has 144 valence electrons. The smallest absolute Gasteiger partial charge is 0.259 e. The summed E-state index contributed by atoms with van der Waals surface area (Å²) in [5.41, 5.74) is 2.68. The molecule has 0 unspecified atom stereocenters. The lowest BCUT2D eigenvalue weighted by atomic mass is 9.96. The number of nitrogens with one attached hydrogen (secondary N) is 1. The number of carbonyl (C=O) groups excluding carboxylic acids is 3. The molecule has 1 atom stereocenters. The second kappa shape index (κ2) is 6.51. The number of halogens is 1. The molecule has 2 aliphatic heterocycles. The van der Waals surface area contributed by atoms with E-state index in [1.807, 2.05) is 18.2 Å². The van der Waals surface area contributed by atoms with Crippen LogP contribution in [0.2, 0.25) is 0 Å². The molecule has 0 spiro atoms. The highest BCUT2D eigenvalue weighted by atomic mass is 19.1. The minimum Gasteiger partial charge on any atom is -0.295 e. The van der Waals surface area contributed by atoms with Gasteiger partial charge in [-0.15, -0.1) is 0 Å². The zero-order chi connectivity index (χ0) is 20.1. The molecule has 29 heavy (non-hydrogen) atoms. The van der Waals surface area contributed by atoms with Crippen LogP contribution >= 0.6 is 0 Å². The summed E-state index contributed by atoms with van der Waals surface area (Å²) in [6.07, 6.45) is 0.896. The highest BCUT2D eigenvalue weighted by molar-refractivity contribution is 6.27. The molecule has 0 aromatic heterocycles. The summed E-state index contributed by atoms with van der Waals surface area (Å²) in [7, 11) is 0. The number of hydrogen-bond donors (Lipinski definition) is 1. The van der Waals surface area contributed by atoms with Crippen LogP contribution in [0.15, 0.2) is 54.6 Å². The van der Waals surface area contributed by atoms with Crippen LogP contribution in [0.5, 0.6) is 0 Å². The zero-order valence-electron chi connectivity index (χ0n) is 15.4. The van der Waals surface area contributed by atoms with E-state index in [0.29, 0.717) is 29.7 Å². The Morgan fingerprint density at radius 1 is 0.966 bits per heavy atom. The molecular formula is C23H17FN2O3. The maximum absolute atomic E-state index is 14.2. The van der Waals surface area contributed by atoms with Gasteiger partial charge < -0.3 is 0 Å². The third-order valence-corrected chi connectivity index (χ3v) is 5.68. The summed E-state index contributed by atoms with van der Waals surface area (Å²) in [6.45, 7) is 0. The number of nitrogens with zero attached hydrogens (tertiary/aromatic N) is 1. The molecule has 3 aromatic carbocycles. The molecule has 5 rings (SSSR count). The molecule has 1 N–H and O–H groups in total. The maximum Gasteiger partial charge on any atom is 0.259 e. The summed E-state index contributed by atoms with van der Waals surface area (Å²) >= 11 is 0. The van der Waals surface area contributed by atoms with Gasteiger partial charge in [0.15, 0.2) is 0 Å². The fourth-order valence-corrected chi connectivity index (χ4v) is 4.31. The number of rotatable bonds is 3. The number of imide groups is 1. The topological polar surface area (TPSA) is 66.5 Å². The molecule has 5 nitrogen and oxygen atoms in total. The average Bonchev–Trinajstić information content (AvgIpc) is 2.99. The summed E-state index contributed by atoms with van der Waals surface area (Å²) in [5.74, 6) is -1.29. The third-order valence-electron chi connectivity index (χ3n) is 5.68. The van der Waals surface area contributed by atoms with Crippen molar-refractivity contribution in [3.05, 3.63) is 77.1 Å². The Kier molecular flexibility index (Phi) is 3.94. The second-order valence-corrected chi connectivity index (χ2v) is 7.38. The Morgan fingerprint density at radius 2 is 1.79 bits per heavy atom. The quantitative estimate of drug-likeness (QED) is 0.700. The Hall–Kier alpha value is -3.54. The highest BCUT2D eigenvalue weighted by Gasteiger charge is 2.40. The average molecular weight is 388 g/mol. The molecule has 0 saturated carbocycles. The van der Waals surface area contributed by atoms with Crippen LogP contribution in [-0.4, -0.2) is 23.8 Å². The SMILES string of the molecule is O=C1CC[C@H](N2C(=O)c3cccc4c(Cc5ccccc5F)ccc2c34)C(=O)N1. The molecule has 3 amide bonds. The molecule has 0 bridgehead atoms. The van der Waals surface area contributed by atoms with Gasteiger partial charge in [-0.1, -0.05) is 36.4 Å². The van der Waals surface area contributed by atoms with Crippen LogP contribution in [0.25, 0.3) is 10.8 Å². The molecule has 0 radical (unpaired) electrons. The number of piperidine rings is 1. The third kappa shape index (κ3) is 2.71. The van der Waals surface area contributed by atoms with E-state index < -0.39 is 11.9 Å². The maximum atomic E-state index is 14.2. The van der Waals surface area contributed by atoms with Crippen molar-refractivity contribution in [3.8, 4) is 0 Å². The number of benzene rings is 3. The minimum atomic E-state index is -0.715. The molecule has 6 heteroatoms. The van der Waals surface area contributed by atoms with Crippen molar-refractivity contribution < 1.29 is 18.8 Å². The van der Waals surface area contributed by atoms with Crippen molar-refractivity contribution in [1.82, 2.24) is 5.32 Å². The van der Waals surface area contributed by atoms with Crippen LogP contribution in [-0.2, 0) is 16.0 Å². The summed E-state index contributed by atoms with van der Waals surface area (Å²) in [6, 6.07) is 15.1. The van der Waals surface area contributed by atoms with Gasteiger partial charge in [-0.2, -0.15) is 0 Å². The molecule has 1 fully saturated rings. The predicted octanol–water partition coefficient (Wildman–Crippen LogP) is 3.34. The summed E-state index contributed by atoms with van der Waals surface area (Å²) in [5, 5.41) is 3.96. The Balaban J connectivity index is 1.61. The lowest BCUT2D eigenvalue weighted by Gasteiger charge is -2.30. The van der Waals surface area contributed by atoms with Gasteiger partial charge in [0.25, 0.3) is 5.91 Å². The van der Waals surface area contributed by atoms with E-state index in [4.69, 9.17) is 0 Å². The first kappa shape index (κ1) is 17.6. The lowest BCUT2D eigenvalue weighted by Crippen LogP contribution is -2.53. The fourth-order valence-electron chi connectivity index (χ4n) is 4.31. The van der Waals surface area contributed by atoms with Crippen LogP contribution in [0.3, 0.4) is 0 Å². The molecule has 0 aliphatic carbocycles. The monoisotopic (exact) mass is 388 g/mol. The van der Waals surface area contributed by atoms with Crippen LogP contribution in [0.4, 0.5) is 10.1 Å². The van der Waals surface area contributed by atoms with Gasteiger partial charge in [-0.3, -0.25) is 24.6 Å². The largest absolute Gasteiger partial charge is 0.295 e. The van der Waals surface area contributed by atoms with E-state index in [-0.39, 0.29) is 24.1 Å². The first-order valence-electron chi connectivity index (χ1n) is 9.50. The van der Waals surface area contributed by atoms with Crippen molar-refractivity contribution in [1.29, 1.82) is 0 Å². The first-order valence-corrected chi connectivity index (χ1v) is 9.50. The molecule has 1 saturated heterocycles. The fraction of sp³-hybridized carbons (Fsp3) is 0.174. The standard InChI is InChI=1S/C23H17FN2O3/c24-17-7-2-1-4-14(17)12-13-8-9-18-21-15(13)5-3-6-16(21)23(29)26(18)19-10-11-20(27)25-22(19)28/h1-9,19H,10-12H2,(H,25,27,28)/t19-/m0/s1. The Labute approximate surface area is 166 Å². The number of amides is 3.